The number of rotatable bonds is 8. The molecule has 0 bridgehead atoms. The van der Waals surface area contributed by atoms with Gasteiger partial charge in [-0.3, -0.25) is 19.7 Å². The number of benzene rings is 2. The van der Waals surface area contributed by atoms with Crippen LogP contribution in [0.2, 0.25) is 0 Å². The van der Waals surface area contributed by atoms with Crippen LogP contribution in [0.4, 0.5) is 10.1 Å². The Morgan fingerprint density at radius 3 is 2.57 bits per heavy atom. The normalized spacial score (nSPS) is 13.4. The van der Waals surface area contributed by atoms with Crippen molar-refractivity contribution in [3.05, 3.63) is 87.0 Å². The molecule has 0 saturated carbocycles. The van der Waals surface area contributed by atoms with Crippen molar-refractivity contribution in [2.45, 2.75) is 51.7 Å². The highest BCUT2D eigenvalue weighted by Crippen LogP contribution is 2.31. The van der Waals surface area contributed by atoms with Crippen molar-refractivity contribution in [1.82, 2.24) is 15.1 Å². The number of nitro groups is 1. The molecule has 0 spiro atoms. The van der Waals surface area contributed by atoms with E-state index in [-0.39, 0.29) is 35.3 Å². The van der Waals surface area contributed by atoms with Crippen LogP contribution in [0.15, 0.2) is 48.5 Å². The topological polar surface area (TPSA) is 116 Å². The van der Waals surface area contributed by atoms with Gasteiger partial charge in [-0.05, 0) is 57.4 Å². The molecule has 0 fully saturated rings. The predicted molar refractivity (Wildman–Crippen MR) is 125 cm³/mol. The Kier molecular flexibility index (Phi) is 6.90. The number of nitrogens with zero attached hydrogens (tertiary/aromatic N) is 3. The highest BCUT2D eigenvalue weighted by Gasteiger charge is 2.31. The van der Waals surface area contributed by atoms with E-state index in [1.807, 2.05) is 0 Å². The Bertz CT molecular complexity index is 1270. The molecular formula is C25H25FN4O5. The number of halogens is 1. The van der Waals surface area contributed by atoms with E-state index in [9.17, 15) is 24.1 Å². The van der Waals surface area contributed by atoms with Crippen LogP contribution in [-0.2, 0) is 22.4 Å². The summed E-state index contributed by atoms with van der Waals surface area (Å²) in [4.78, 5) is 36.9. The molecule has 10 heteroatoms. The molecule has 1 unspecified atom stereocenters. The third kappa shape index (κ3) is 5.21. The number of esters is 1. The lowest BCUT2D eigenvalue weighted by molar-refractivity contribution is -0.385. The summed E-state index contributed by atoms with van der Waals surface area (Å²) in [6, 6.07) is 10.8. The van der Waals surface area contributed by atoms with E-state index in [0.29, 0.717) is 18.5 Å². The summed E-state index contributed by atoms with van der Waals surface area (Å²) in [6.07, 6.45) is 1.53. The summed E-state index contributed by atoms with van der Waals surface area (Å²) in [5.74, 6) is -1.52. The van der Waals surface area contributed by atoms with Crippen LogP contribution in [0.1, 0.15) is 60.0 Å². The Balaban J connectivity index is 1.68. The molecule has 1 aromatic heterocycles. The molecule has 182 valence electrons. The first kappa shape index (κ1) is 24.1. The number of hydrogen-bond acceptors (Lipinski definition) is 6. The van der Waals surface area contributed by atoms with Gasteiger partial charge in [0.15, 0.2) is 5.69 Å². The van der Waals surface area contributed by atoms with Gasteiger partial charge in [0.1, 0.15) is 5.82 Å². The largest absolute Gasteiger partial charge is 0.463 e. The minimum absolute atomic E-state index is 0.183. The smallest absolute Gasteiger partial charge is 0.308 e. The lowest BCUT2D eigenvalue weighted by Crippen LogP contribution is -2.32. The summed E-state index contributed by atoms with van der Waals surface area (Å²) in [6.45, 7) is 3.39. The summed E-state index contributed by atoms with van der Waals surface area (Å²) in [7, 11) is 0. The van der Waals surface area contributed by atoms with Crippen LogP contribution in [0.25, 0.3) is 5.69 Å². The standard InChI is InChI=1S/C25H25FN4O5/c1-15(2)35-23(31)14-20(18-6-3-4-8-22(18)30(33)34)27-25(32)24-19-7-5-9-21(19)29(28-24)17-12-10-16(26)11-13-17/h3-4,6,8,10-13,15,20H,5,7,9,14H2,1-2H3,(H,27,32). The van der Waals surface area contributed by atoms with Gasteiger partial charge in [-0.1, -0.05) is 18.2 Å². The van der Waals surface area contributed by atoms with E-state index in [2.05, 4.69) is 10.4 Å². The maximum atomic E-state index is 13.4. The molecule has 1 heterocycles. The number of fused-ring (bicyclic) bond motifs is 1. The fraction of sp³-hybridized carbons (Fsp3) is 0.320. The average molecular weight is 480 g/mol. The average Bonchev–Trinajstić information content (AvgIpc) is 3.41. The zero-order valence-corrected chi connectivity index (χ0v) is 19.4. The number of ether oxygens (including phenoxy) is 1. The van der Waals surface area contributed by atoms with Gasteiger partial charge in [0.25, 0.3) is 11.6 Å². The molecule has 1 atom stereocenters. The van der Waals surface area contributed by atoms with Gasteiger partial charge in [-0.15, -0.1) is 0 Å². The molecule has 1 aliphatic carbocycles. The van der Waals surface area contributed by atoms with Crippen LogP contribution in [-0.4, -0.2) is 32.7 Å². The second-order valence-corrected chi connectivity index (χ2v) is 8.60. The van der Waals surface area contributed by atoms with Crippen LogP contribution in [0, 0.1) is 15.9 Å². The molecule has 0 saturated heterocycles. The number of amides is 1. The monoisotopic (exact) mass is 480 g/mol. The van der Waals surface area contributed by atoms with Gasteiger partial charge in [-0.2, -0.15) is 5.10 Å². The highest BCUT2D eigenvalue weighted by molar-refractivity contribution is 5.95. The first-order valence-electron chi connectivity index (χ1n) is 11.3. The van der Waals surface area contributed by atoms with E-state index in [4.69, 9.17) is 4.74 Å². The molecule has 0 aliphatic heterocycles. The molecule has 35 heavy (non-hydrogen) atoms. The van der Waals surface area contributed by atoms with Gasteiger partial charge in [0.05, 0.1) is 34.7 Å². The van der Waals surface area contributed by atoms with Gasteiger partial charge in [-0.25, -0.2) is 9.07 Å². The fourth-order valence-corrected chi connectivity index (χ4v) is 4.31. The number of carbonyl (C=O) groups is 2. The van der Waals surface area contributed by atoms with Gasteiger partial charge in [0.2, 0.25) is 0 Å². The molecular weight excluding hydrogens is 455 g/mol. The molecule has 0 radical (unpaired) electrons. The number of nitrogens with one attached hydrogen (secondary N) is 1. The Morgan fingerprint density at radius 2 is 1.89 bits per heavy atom. The second-order valence-electron chi connectivity index (χ2n) is 8.60. The minimum atomic E-state index is -0.997. The number of hydrogen-bond donors (Lipinski definition) is 1. The van der Waals surface area contributed by atoms with E-state index in [1.54, 1.807) is 36.7 Å². The summed E-state index contributed by atoms with van der Waals surface area (Å²) in [5.41, 5.74) is 2.43. The van der Waals surface area contributed by atoms with Crippen LogP contribution in [0.5, 0.6) is 0 Å². The molecule has 1 N–H and O–H groups in total. The molecule has 3 aromatic rings. The zero-order chi connectivity index (χ0) is 25.1. The first-order chi connectivity index (χ1) is 16.7. The Hall–Kier alpha value is -4.08. The zero-order valence-electron chi connectivity index (χ0n) is 19.4. The second kappa shape index (κ2) is 10.0. The van der Waals surface area contributed by atoms with Crippen molar-refractivity contribution in [2.24, 2.45) is 0 Å². The van der Waals surface area contributed by atoms with Crippen molar-refractivity contribution in [2.75, 3.05) is 0 Å². The third-order valence-corrected chi connectivity index (χ3v) is 5.77. The van der Waals surface area contributed by atoms with Gasteiger partial charge < -0.3 is 10.1 Å². The summed E-state index contributed by atoms with van der Waals surface area (Å²) < 4.78 is 20.3. The molecule has 1 amide bonds. The number of para-hydroxylation sites is 1. The van der Waals surface area contributed by atoms with Gasteiger partial charge >= 0.3 is 5.97 Å². The fourth-order valence-electron chi connectivity index (χ4n) is 4.31. The van der Waals surface area contributed by atoms with E-state index >= 15 is 0 Å². The summed E-state index contributed by atoms with van der Waals surface area (Å²) >= 11 is 0. The molecule has 1 aliphatic rings. The first-order valence-corrected chi connectivity index (χ1v) is 11.3. The van der Waals surface area contributed by atoms with Crippen LogP contribution < -0.4 is 5.32 Å². The SMILES string of the molecule is CC(C)OC(=O)CC(NC(=O)c1nn(-c2ccc(F)cc2)c2c1CCC2)c1ccccc1[N+](=O)[O-]. The van der Waals surface area contributed by atoms with E-state index in [1.165, 1.54) is 30.3 Å². The summed E-state index contributed by atoms with van der Waals surface area (Å²) in [5, 5.41) is 18.9. The van der Waals surface area contributed by atoms with Crippen LogP contribution >= 0.6 is 0 Å². The number of nitro benzene ring substituents is 1. The van der Waals surface area contributed by atoms with Gasteiger partial charge in [0, 0.05) is 17.3 Å². The number of carbonyl (C=O) groups excluding carboxylic acids is 2. The van der Waals surface area contributed by atoms with Crippen molar-refractivity contribution < 1.29 is 23.6 Å². The minimum Gasteiger partial charge on any atom is -0.463 e. The lowest BCUT2D eigenvalue weighted by Gasteiger charge is -2.19. The lowest BCUT2D eigenvalue weighted by atomic mass is 10.0. The Morgan fingerprint density at radius 1 is 1.17 bits per heavy atom. The van der Waals surface area contributed by atoms with Crippen molar-refractivity contribution in [1.29, 1.82) is 0 Å². The maximum absolute atomic E-state index is 13.4. The molecule has 2 aromatic carbocycles. The van der Waals surface area contributed by atoms with Crippen molar-refractivity contribution in [3.63, 3.8) is 0 Å². The Labute approximate surface area is 201 Å². The van der Waals surface area contributed by atoms with Crippen LogP contribution in [0.3, 0.4) is 0 Å². The van der Waals surface area contributed by atoms with Crippen molar-refractivity contribution >= 4 is 17.6 Å². The van der Waals surface area contributed by atoms with E-state index < -0.39 is 22.8 Å². The highest BCUT2D eigenvalue weighted by atomic mass is 19.1. The molecule has 4 rings (SSSR count). The predicted octanol–water partition coefficient (Wildman–Crippen LogP) is 4.22. The number of aromatic nitrogens is 2. The third-order valence-electron chi connectivity index (χ3n) is 5.77. The van der Waals surface area contributed by atoms with E-state index in [0.717, 1.165) is 17.7 Å². The van der Waals surface area contributed by atoms with Crippen molar-refractivity contribution in [3.8, 4) is 5.69 Å². The maximum Gasteiger partial charge on any atom is 0.308 e. The molecule has 9 nitrogen and oxygen atoms in total. The quantitative estimate of drug-likeness (QED) is 0.293.